The second kappa shape index (κ2) is 11.1. The monoisotopic (exact) mass is 561 g/mol. The normalized spacial score (nSPS) is 17.3. The molecule has 41 heavy (non-hydrogen) atoms. The first-order valence-corrected chi connectivity index (χ1v) is 13.5. The van der Waals surface area contributed by atoms with Gasteiger partial charge in [0, 0.05) is 49.7 Å². The van der Waals surface area contributed by atoms with Crippen molar-refractivity contribution in [2.75, 3.05) is 54.4 Å². The van der Waals surface area contributed by atoms with E-state index in [9.17, 15) is 18.4 Å². The van der Waals surface area contributed by atoms with Crippen LogP contribution in [0.1, 0.15) is 34.9 Å². The van der Waals surface area contributed by atoms with Crippen molar-refractivity contribution < 1.29 is 23.5 Å². The maximum Gasteiger partial charge on any atom is 0.276 e. The van der Waals surface area contributed by atoms with Crippen molar-refractivity contribution in [2.45, 2.75) is 18.9 Å². The van der Waals surface area contributed by atoms with Gasteiger partial charge in [0.1, 0.15) is 24.1 Å². The number of amides is 2. The van der Waals surface area contributed by atoms with Crippen LogP contribution in [0.2, 0.25) is 0 Å². The van der Waals surface area contributed by atoms with Gasteiger partial charge >= 0.3 is 0 Å². The number of halogens is 2. The molecule has 0 radical (unpaired) electrons. The van der Waals surface area contributed by atoms with Gasteiger partial charge in [-0.05, 0) is 67.4 Å². The number of aliphatic hydroxyl groups excluding tert-OH is 1. The van der Waals surface area contributed by atoms with Gasteiger partial charge in [0.15, 0.2) is 11.3 Å². The second-order valence-electron chi connectivity index (χ2n) is 10.1. The van der Waals surface area contributed by atoms with Crippen LogP contribution in [0.4, 0.5) is 26.0 Å². The third-order valence-electron chi connectivity index (χ3n) is 7.70. The fourth-order valence-electron chi connectivity index (χ4n) is 5.57. The molecular formula is C29H29F2N7O3. The number of hydrogen-bond acceptors (Lipinski definition) is 7. The number of nitrogens with zero attached hydrogens (tertiary/aromatic N) is 6. The van der Waals surface area contributed by atoms with Crippen LogP contribution < -0.4 is 15.1 Å². The number of aliphatic hydroxyl groups is 1. The molecule has 4 heterocycles. The van der Waals surface area contributed by atoms with Crippen molar-refractivity contribution in [3.8, 4) is 0 Å². The highest BCUT2D eigenvalue weighted by Crippen LogP contribution is 2.36. The van der Waals surface area contributed by atoms with Crippen LogP contribution in [0.25, 0.3) is 5.65 Å². The lowest BCUT2D eigenvalue weighted by molar-refractivity contribution is -0.134. The highest BCUT2D eigenvalue weighted by Gasteiger charge is 2.30. The number of aromatic nitrogens is 3. The highest BCUT2D eigenvalue weighted by molar-refractivity contribution is 6.03. The molecule has 0 spiro atoms. The molecule has 2 aliphatic heterocycles. The number of benzene rings is 2. The first-order valence-electron chi connectivity index (χ1n) is 13.5. The van der Waals surface area contributed by atoms with Gasteiger partial charge in [-0.3, -0.25) is 9.59 Å². The average molecular weight is 562 g/mol. The van der Waals surface area contributed by atoms with Gasteiger partial charge in [-0.1, -0.05) is 0 Å². The van der Waals surface area contributed by atoms with Crippen molar-refractivity contribution >= 4 is 34.7 Å². The molecule has 2 aromatic heterocycles. The van der Waals surface area contributed by atoms with Crippen LogP contribution in [-0.4, -0.2) is 75.7 Å². The summed E-state index contributed by atoms with van der Waals surface area (Å²) in [6, 6.07) is 14.1. The first-order chi connectivity index (χ1) is 19.9. The number of hydrogen-bond donors (Lipinski definition) is 2. The lowest BCUT2D eigenvalue weighted by Crippen LogP contribution is -2.49. The van der Waals surface area contributed by atoms with Gasteiger partial charge in [-0.25, -0.2) is 18.3 Å². The topological polar surface area (TPSA) is 106 Å². The molecule has 4 aromatic rings. The molecule has 212 valence electrons. The lowest BCUT2D eigenvalue weighted by Gasteiger charge is -2.35. The standard InChI is InChI=1S/C29H29F2N7O3/c30-19-3-8-23(31)22(16-19)24-2-1-11-37(24)27-10-9-26-32-17-25(38(26)34-27)29(41)33-20-4-6-21(7-5-20)35-12-14-36(15-13-35)28(40)18-39/h3-10,16-17,24,39H,1-2,11-15,18H2,(H,33,41)/t24-/m1/s1. The van der Waals surface area contributed by atoms with E-state index in [0.29, 0.717) is 56.3 Å². The van der Waals surface area contributed by atoms with E-state index in [4.69, 9.17) is 5.11 Å². The largest absolute Gasteiger partial charge is 0.387 e. The quantitative estimate of drug-likeness (QED) is 0.372. The molecular weight excluding hydrogens is 532 g/mol. The summed E-state index contributed by atoms with van der Waals surface area (Å²) in [6.07, 6.45) is 2.91. The van der Waals surface area contributed by atoms with E-state index in [1.165, 1.54) is 16.8 Å². The lowest BCUT2D eigenvalue weighted by atomic mass is 10.0. The van der Waals surface area contributed by atoms with E-state index in [1.54, 1.807) is 17.0 Å². The fourth-order valence-corrected chi connectivity index (χ4v) is 5.57. The Labute approximate surface area is 234 Å². The minimum atomic E-state index is -0.490. The maximum absolute atomic E-state index is 14.6. The number of anilines is 3. The molecule has 2 fully saturated rings. The Morgan fingerprint density at radius 2 is 1.76 bits per heavy atom. The number of rotatable bonds is 6. The van der Waals surface area contributed by atoms with Gasteiger partial charge in [0.2, 0.25) is 5.91 Å². The molecule has 2 amide bonds. The Hall–Kier alpha value is -4.58. The van der Waals surface area contributed by atoms with E-state index in [1.807, 2.05) is 29.2 Å². The average Bonchev–Trinajstić information content (AvgIpc) is 3.66. The zero-order chi connectivity index (χ0) is 28.5. The number of piperazine rings is 1. The summed E-state index contributed by atoms with van der Waals surface area (Å²) in [5, 5.41) is 16.6. The predicted octanol–water partition coefficient (Wildman–Crippen LogP) is 3.24. The summed E-state index contributed by atoms with van der Waals surface area (Å²) >= 11 is 0. The summed E-state index contributed by atoms with van der Waals surface area (Å²) < 4.78 is 29.9. The van der Waals surface area contributed by atoms with Crippen molar-refractivity contribution in [1.29, 1.82) is 0 Å². The molecule has 1 atom stereocenters. The van der Waals surface area contributed by atoms with E-state index >= 15 is 0 Å². The van der Waals surface area contributed by atoms with E-state index in [0.717, 1.165) is 24.2 Å². The molecule has 0 aliphatic carbocycles. The van der Waals surface area contributed by atoms with Crippen LogP contribution in [0.5, 0.6) is 0 Å². The first kappa shape index (κ1) is 26.6. The number of nitrogens with one attached hydrogen (secondary N) is 1. The summed E-state index contributed by atoms with van der Waals surface area (Å²) in [5.41, 5.74) is 2.58. The SMILES string of the molecule is O=C(Nc1ccc(N2CCN(C(=O)CO)CC2)cc1)c1cnc2ccc(N3CCC[C@@H]3c3cc(F)ccc3F)nn12. The molecule has 0 bridgehead atoms. The summed E-state index contributed by atoms with van der Waals surface area (Å²) in [4.78, 5) is 34.9. The van der Waals surface area contributed by atoms with Crippen LogP contribution >= 0.6 is 0 Å². The van der Waals surface area contributed by atoms with Crippen LogP contribution in [0.15, 0.2) is 60.8 Å². The zero-order valence-electron chi connectivity index (χ0n) is 22.2. The predicted molar refractivity (Wildman–Crippen MR) is 149 cm³/mol. The van der Waals surface area contributed by atoms with E-state index in [-0.39, 0.29) is 29.1 Å². The molecule has 2 aromatic carbocycles. The molecule has 2 N–H and O–H groups in total. The molecule has 6 rings (SSSR count). The molecule has 2 saturated heterocycles. The highest BCUT2D eigenvalue weighted by atomic mass is 19.1. The Balaban J connectivity index is 1.17. The van der Waals surface area contributed by atoms with Gasteiger partial charge in [0.05, 0.1) is 12.2 Å². The van der Waals surface area contributed by atoms with Crippen molar-refractivity contribution in [1.82, 2.24) is 19.5 Å². The molecule has 2 aliphatic rings. The van der Waals surface area contributed by atoms with Crippen molar-refractivity contribution in [3.05, 3.63) is 83.7 Å². The van der Waals surface area contributed by atoms with E-state index in [2.05, 4.69) is 20.3 Å². The Bertz CT molecular complexity index is 1590. The van der Waals surface area contributed by atoms with Crippen LogP contribution in [-0.2, 0) is 4.79 Å². The van der Waals surface area contributed by atoms with E-state index < -0.39 is 18.2 Å². The number of imidazole rings is 1. The minimum Gasteiger partial charge on any atom is -0.387 e. The Morgan fingerprint density at radius 1 is 0.976 bits per heavy atom. The summed E-state index contributed by atoms with van der Waals surface area (Å²) in [7, 11) is 0. The van der Waals surface area contributed by atoms with Gasteiger partial charge < -0.3 is 25.1 Å². The second-order valence-corrected chi connectivity index (χ2v) is 10.1. The smallest absolute Gasteiger partial charge is 0.276 e. The Morgan fingerprint density at radius 3 is 2.51 bits per heavy atom. The third-order valence-corrected chi connectivity index (χ3v) is 7.70. The van der Waals surface area contributed by atoms with Crippen molar-refractivity contribution in [3.63, 3.8) is 0 Å². The Kier molecular flexibility index (Phi) is 7.23. The molecule has 10 nitrogen and oxygen atoms in total. The zero-order valence-corrected chi connectivity index (χ0v) is 22.2. The van der Waals surface area contributed by atoms with Crippen molar-refractivity contribution in [2.24, 2.45) is 0 Å². The summed E-state index contributed by atoms with van der Waals surface area (Å²) in [6.45, 7) is 2.51. The molecule has 12 heteroatoms. The van der Waals surface area contributed by atoms with Gasteiger partial charge in [-0.2, -0.15) is 0 Å². The third kappa shape index (κ3) is 5.30. The maximum atomic E-state index is 14.6. The van der Waals surface area contributed by atoms with Crippen LogP contribution in [0, 0.1) is 11.6 Å². The number of carbonyl (C=O) groups excluding carboxylic acids is 2. The number of fused-ring (bicyclic) bond motifs is 1. The minimum absolute atomic E-state index is 0.239. The molecule has 0 unspecified atom stereocenters. The summed E-state index contributed by atoms with van der Waals surface area (Å²) in [5.74, 6) is -1.06. The van der Waals surface area contributed by atoms with Gasteiger partial charge in [-0.15, -0.1) is 5.10 Å². The van der Waals surface area contributed by atoms with Gasteiger partial charge in [0.25, 0.3) is 5.91 Å². The van der Waals surface area contributed by atoms with Crippen LogP contribution in [0.3, 0.4) is 0 Å². The molecule has 0 saturated carbocycles. The number of carbonyl (C=O) groups is 2. The fraction of sp³-hybridized carbons (Fsp3) is 0.310.